The number of sulfonamides is 1. The van der Waals surface area contributed by atoms with Crippen LogP contribution in [0.2, 0.25) is 5.02 Å². The summed E-state index contributed by atoms with van der Waals surface area (Å²) in [5.74, 6) is -2.23. The Kier molecular flexibility index (Phi) is 5.13. The summed E-state index contributed by atoms with van der Waals surface area (Å²) in [4.78, 5) is 22.9. The largest absolute Gasteiger partial charge is 0.290 e. The van der Waals surface area contributed by atoms with Gasteiger partial charge in [-0.05, 0) is 18.6 Å². The summed E-state index contributed by atoms with van der Waals surface area (Å²) < 4.78 is 46.9. The van der Waals surface area contributed by atoms with Gasteiger partial charge in [-0.25, -0.2) is 16.8 Å². The number of nitrogens with one attached hydrogen (secondary N) is 2. The Labute approximate surface area is 142 Å². The molecule has 0 bridgehead atoms. The summed E-state index contributed by atoms with van der Waals surface area (Å²) in [5, 5.41) is 10.9. The van der Waals surface area contributed by atoms with Crippen molar-refractivity contribution in [3.8, 4) is 0 Å². The average Bonchev–Trinajstić information content (AvgIpc) is 2.84. The van der Waals surface area contributed by atoms with Crippen LogP contribution >= 0.6 is 11.6 Å². The Balaban J connectivity index is 2.15. The lowest BCUT2D eigenvalue weighted by Crippen LogP contribution is -2.44. The van der Waals surface area contributed by atoms with Crippen LogP contribution in [0.15, 0.2) is 23.1 Å². The Morgan fingerprint density at radius 2 is 2.04 bits per heavy atom. The first kappa shape index (κ1) is 18.6. The van der Waals surface area contributed by atoms with Gasteiger partial charge in [-0.3, -0.25) is 20.3 Å². The van der Waals surface area contributed by atoms with Gasteiger partial charge in [0, 0.05) is 11.1 Å². The Hall–Kier alpha value is -1.76. The second kappa shape index (κ2) is 6.63. The second-order valence-electron chi connectivity index (χ2n) is 5.06. The number of amides is 1. The van der Waals surface area contributed by atoms with E-state index < -0.39 is 47.2 Å². The second-order valence-corrected chi connectivity index (χ2v) is 9.38. The molecule has 0 spiro atoms. The van der Waals surface area contributed by atoms with Crippen molar-refractivity contribution in [1.82, 2.24) is 10.3 Å². The van der Waals surface area contributed by atoms with Gasteiger partial charge in [0.2, 0.25) is 5.91 Å². The number of benzene rings is 1. The molecule has 1 saturated heterocycles. The van der Waals surface area contributed by atoms with Crippen LogP contribution in [0.4, 0.5) is 5.69 Å². The summed E-state index contributed by atoms with van der Waals surface area (Å²) in [6.07, 6.45) is 0.0803. The van der Waals surface area contributed by atoms with Gasteiger partial charge >= 0.3 is 0 Å². The highest BCUT2D eigenvalue weighted by molar-refractivity contribution is 7.91. The zero-order valence-corrected chi connectivity index (χ0v) is 14.3. The lowest BCUT2D eigenvalue weighted by Gasteiger charge is -2.11. The van der Waals surface area contributed by atoms with Crippen LogP contribution in [0.1, 0.15) is 6.42 Å². The van der Waals surface area contributed by atoms with Crippen molar-refractivity contribution in [2.45, 2.75) is 11.3 Å². The fourth-order valence-corrected chi connectivity index (χ4v) is 5.05. The van der Waals surface area contributed by atoms with E-state index in [4.69, 9.17) is 11.6 Å². The standard InChI is InChI=1S/C11H12ClN3O7S2/c12-8-1-2-10(9(5-8)15(17)18)24(21,22)14-13-11(16)7-3-4-23(19,20)6-7/h1-2,5,7,14H,3-4,6H2,(H,13,16)/t7-/m0/s1. The van der Waals surface area contributed by atoms with Gasteiger partial charge in [-0.1, -0.05) is 11.6 Å². The maximum atomic E-state index is 12.1. The highest BCUT2D eigenvalue weighted by atomic mass is 35.5. The van der Waals surface area contributed by atoms with E-state index >= 15 is 0 Å². The van der Waals surface area contributed by atoms with Crippen molar-refractivity contribution in [1.29, 1.82) is 0 Å². The lowest BCUT2D eigenvalue weighted by molar-refractivity contribution is -0.387. The van der Waals surface area contributed by atoms with Gasteiger partial charge in [0.25, 0.3) is 15.7 Å². The molecule has 1 aliphatic rings. The fourth-order valence-electron chi connectivity index (χ4n) is 2.14. The molecule has 0 aliphatic carbocycles. The highest BCUT2D eigenvalue weighted by Gasteiger charge is 2.34. The van der Waals surface area contributed by atoms with Crippen LogP contribution in [0.3, 0.4) is 0 Å². The minimum Gasteiger partial charge on any atom is -0.277 e. The number of hydrogen-bond donors (Lipinski definition) is 2. The van der Waals surface area contributed by atoms with E-state index in [1.807, 2.05) is 5.43 Å². The van der Waals surface area contributed by atoms with Crippen LogP contribution in [0, 0.1) is 16.0 Å². The molecule has 1 aliphatic heterocycles. The molecule has 0 aromatic heterocycles. The van der Waals surface area contributed by atoms with E-state index in [1.165, 1.54) is 0 Å². The highest BCUT2D eigenvalue weighted by Crippen LogP contribution is 2.26. The van der Waals surface area contributed by atoms with Crippen molar-refractivity contribution in [2.75, 3.05) is 11.5 Å². The smallest absolute Gasteiger partial charge is 0.277 e. The molecule has 132 valence electrons. The van der Waals surface area contributed by atoms with Gasteiger partial charge in [0.05, 0.1) is 22.3 Å². The summed E-state index contributed by atoms with van der Waals surface area (Å²) in [5.41, 5.74) is 1.13. The maximum Gasteiger partial charge on any atom is 0.290 e. The zero-order chi connectivity index (χ0) is 18.1. The molecule has 0 saturated carbocycles. The zero-order valence-electron chi connectivity index (χ0n) is 11.9. The van der Waals surface area contributed by atoms with Crippen LogP contribution in [0.25, 0.3) is 0 Å². The Bertz CT molecular complexity index is 898. The molecular weight excluding hydrogens is 386 g/mol. The van der Waals surface area contributed by atoms with Crippen molar-refractivity contribution < 1.29 is 26.6 Å². The number of hydrazine groups is 1. The number of nitro benzene ring substituents is 1. The van der Waals surface area contributed by atoms with Gasteiger partial charge in [-0.2, -0.15) is 0 Å². The molecule has 13 heteroatoms. The van der Waals surface area contributed by atoms with Crippen molar-refractivity contribution >= 4 is 43.1 Å². The predicted molar refractivity (Wildman–Crippen MR) is 83.3 cm³/mol. The van der Waals surface area contributed by atoms with Crippen LogP contribution in [-0.2, 0) is 24.7 Å². The van der Waals surface area contributed by atoms with Crippen molar-refractivity contribution in [3.63, 3.8) is 0 Å². The molecule has 1 amide bonds. The molecule has 10 nitrogen and oxygen atoms in total. The number of halogens is 1. The monoisotopic (exact) mass is 397 g/mol. The summed E-state index contributed by atoms with van der Waals surface area (Å²) in [7, 11) is -7.75. The fraction of sp³-hybridized carbons (Fsp3) is 0.364. The molecule has 2 rings (SSSR count). The maximum absolute atomic E-state index is 12.1. The van der Waals surface area contributed by atoms with Crippen molar-refractivity contribution in [3.05, 3.63) is 33.3 Å². The summed E-state index contributed by atoms with van der Waals surface area (Å²) in [6.45, 7) is 0. The molecule has 1 aromatic rings. The lowest BCUT2D eigenvalue weighted by atomic mass is 10.1. The third kappa shape index (κ3) is 4.20. The van der Waals surface area contributed by atoms with E-state index in [2.05, 4.69) is 0 Å². The predicted octanol–water partition coefficient (Wildman–Crippen LogP) is -0.00760. The third-order valence-electron chi connectivity index (χ3n) is 3.32. The van der Waals surface area contributed by atoms with Crippen molar-refractivity contribution in [2.24, 2.45) is 5.92 Å². The van der Waals surface area contributed by atoms with Crippen LogP contribution < -0.4 is 10.3 Å². The summed E-state index contributed by atoms with van der Waals surface area (Å²) in [6, 6.07) is 2.94. The number of rotatable bonds is 5. The summed E-state index contributed by atoms with van der Waals surface area (Å²) >= 11 is 5.61. The quantitative estimate of drug-likeness (QED) is 0.523. The van der Waals surface area contributed by atoms with Gasteiger partial charge in [0.15, 0.2) is 14.7 Å². The SMILES string of the molecule is O=C(NNS(=O)(=O)c1ccc(Cl)cc1[N+](=O)[O-])[C@H]1CCS(=O)(=O)C1. The molecule has 1 heterocycles. The normalized spacial score (nSPS) is 19.8. The minimum absolute atomic E-state index is 0.0270. The average molecular weight is 398 g/mol. The van der Waals surface area contributed by atoms with Crippen LogP contribution in [0.5, 0.6) is 0 Å². The molecule has 1 fully saturated rings. The topological polar surface area (TPSA) is 153 Å². The molecule has 0 radical (unpaired) electrons. The molecule has 1 atom stereocenters. The number of carbonyl (C=O) groups is 1. The number of nitrogens with zero attached hydrogens (tertiary/aromatic N) is 1. The van der Waals surface area contributed by atoms with E-state index in [9.17, 15) is 31.7 Å². The first-order valence-corrected chi connectivity index (χ1v) is 10.2. The molecular formula is C11H12ClN3O7S2. The van der Waals surface area contributed by atoms with E-state index in [0.29, 0.717) is 0 Å². The molecule has 24 heavy (non-hydrogen) atoms. The minimum atomic E-state index is -4.44. The van der Waals surface area contributed by atoms with Gasteiger partial charge in [0.1, 0.15) is 0 Å². The number of carbonyl (C=O) groups excluding carboxylic acids is 1. The first-order chi connectivity index (χ1) is 11.0. The van der Waals surface area contributed by atoms with Gasteiger partial charge < -0.3 is 0 Å². The molecule has 0 unspecified atom stereocenters. The molecule has 1 aromatic carbocycles. The number of hydrogen-bond acceptors (Lipinski definition) is 7. The Morgan fingerprint density at radius 1 is 1.38 bits per heavy atom. The molecule has 2 N–H and O–H groups in total. The number of nitro groups is 1. The third-order valence-corrected chi connectivity index (χ3v) is 6.62. The van der Waals surface area contributed by atoms with E-state index in [0.717, 1.165) is 18.2 Å². The Morgan fingerprint density at radius 3 is 2.58 bits per heavy atom. The van der Waals surface area contributed by atoms with E-state index in [1.54, 1.807) is 4.83 Å². The van der Waals surface area contributed by atoms with Crippen LogP contribution in [-0.4, -0.2) is 39.2 Å². The van der Waals surface area contributed by atoms with Gasteiger partial charge in [-0.15, -0.1) is 4.83 Å². The first-order valence-electron chi connectivity index (χ1n) is 6.48. The number of sulfone groups is 1. The van der Waals surface area contributed by atoms with E-state index in [-0.39, 0.29) is 22.9 Å².